The molecule has 0 aliphatic rings. The molecule has 3 aromatic rings. The molecular formula is C21H20O4S. The van der Waals surface area contributed by atoms with Crippen molar-refractivity contribution in [3.05, 3.63) is 60.7 Å². The molecule has 5 heteroatoms. The molecule has 1 N–H and O–H groups in total. The van der Waals surface area contributed by atoms with Crippen LogP contribution in [-0.4, -0.2) is 17.9 Å². The number of hydrogen-bond acceptors (Lipinski definition) is 5. The zero-order chi connectivity index (χ0) is 18.4. The number of thiophene rings is 1. The van der Waals surface area contributed by atoms with E-state index in [1.54, 1.807) is 0 Å². The standard InChI is InChI=1S/C21H20O4S/c1-2-3-14-24-21(23)25-18-17(22)19(15-10-6-4-7-11-15)26-20(18)16-12-8-5-9-13-16/h4-13,22H,2-3,14H2,1H3. The normalized spacial score (nSPS) is 10.5. The van der Waals surface area contributed by atoms with Crippen molar-refractivity contribution in [3.63, 3.8) is 0 Å². The fraction of sp³-hybridized carbons (Fsp3) is 0.190. The quantitative estimate of drug-likeness (QED) is 0.422. The molecule has 0 radical (unpaired) electrons. The summed E-state index contributed by atoms with van der Waals surface area (Å²) in [5.41, 5.74) is 1.73. The Morgan fingerprint density at radius 3 is 2.12 bits per heavy atom. The molecule has 0 aliphatic heterocycles. The van der Waals surface area contributed by atoms with Gasteiger partial charge in [0.1, 0.15) is 0 Å². The summed E-state index contributed by atoms with van der Waals surface area (Å²) < 4.78 is 10.5. The van der Waals surface area contributed by atoms with Gasteiger partial charge in [-0.15, -0.1) is 11.3 Å². The Kier molecular flexibility index (Phi) is 5.92. The van der Waals surface area contributed by atoms with Crippen molar-refractivity contribution in [3.8, 4) is 32.4 Å². The maximum absolute atomic E-state index is 12.0. The number of benzene rings is 2. The van der Waals surface area contributed by atoms with Crippen LogP contribution in [0.1, 0.15) is 19.8 Å². The van der Waals surface area contributed by atoms with Crippen molar-refractivity contribution in [1.29, 1.82) is 0 Å². The second-order valence-corrected chi connectivity index (χ2v) is 6.74. The first kappa shape index (κ1) is 18.0. The lowest BCUT2D eigenvalue weighted by Gasteiger charge is -2.07. The van der Waals surface area contributed by atoms with E-state index in [1.165, 1.54) is 11.3 Å². The van der Waals surface area contributed by atoms with Crippen LogP contribution in [0.2, 0.25) is 0 Å². The second-order valence-electron chi connectivity index (χ2n) is 5.72. The second kappa shape index (κ2) is 8.54. The zero-order valence-electron chi connectivity index (χ0n) is 14.5. The molecule has 0 aliphatic carbocycles. The van der Waals surface area contributed by atoms with Crippen LogP contribution in [-0.2, 0) is 4.74 Å². The molecule has 0 unspecified atom stereocenters. The molecule has 0 saturated heterocycles. The number of carbonyl (C=O) groups is 1. The lowest BCUT2D eigenvalue weighted by atomic mass is 10.1. The Hall–Kier alpha value is -2.79. The lowest BCUT2D eigenvalue weighted by Crippen LogP contribution is -2.11. The van der Waals surface area contributed by atoms with Gasteiger partial charge in [-0.2, -0.15) is 0 Å². The number of unbranched alkanes of at least 4 members (excludes halogenated alkanes) is 1. The van der Waals surface area contributed by atoms with E-state index in [2.05, 4.69) is 0 Å². The largest absolute Gasteiger partial charge is 0.514 e. The molecule has 26 heavy (non-hydrogen) atoms. The minimum absolute atomic E-state index is 0.0486. The maximum Gasteiger partial charge on any atom is 0.514 e. The number of carbonyl (C=O) groups excluding carboxylic acids is 1. The molecule has 0 saturated carbocycles. The van der Waals surface area contributed by atoms with E-state index in [1.807, 2.05) is 67.6 Å². The fourth-order valence-electron chi connectivity index (χ4n) is 2.48. The molecule has 0 bridgehead atoms. The zero-order valence-corrected chi connectivity index (χ0v) is 15.3. The highest BCUT2D eigenvalue weighted by Crippen LogP contribution is 2.51. The van der Waals surface area contributed by atoms with Gasteiger partial charge in [0, 0.05) is 0 Å². The summed E-state index contributed by atoms with van der Waals surface area (Å²) in [5.74, 6) is 0.0917. The van der Waals surface area contributed by atoms with Crippen molar-refractivity contribution in [1.82, 2.24) is 0 Å². The van der Waals surface area contributed by atoms with Gasteiger partial charge in [-0.25, -0.2) is 4.79 Å². The topological polar surface area (TPSA) is 55.8 Å². The lowest BCUT2D eigenvalue weighted by molar-refractivity contribution is 0.0971. The van der Waals surface area contributed by atoms with E-state index in [-0.39, 0.29) is 11.5 Å². The van der Waals surface area contributed by atoms with Gasteiger partial charge >= 0.3 is 6.16 Å². The monoisotopic (exact) mass is 368 g/mol. The summed E-state index contributed by atoms with van der Waals surface area (Å²) in [6.07, 6.45) is 0.888. The van der Waals surface area contributed by atoms with Crippen LogP contribution < -0.4 is 4.74 Å². The highest BCUT2D eigenvalue weighted by molar-refractivity contribution is 7.19. The van der Waals surface area contributed by atoms with Crippen LogP contribution in [0.25, 0.3) is 20.9 Å². The smallest absolute Gasteiger partial charge is 0.503 e. The third-order valence-electron chi connectivity index (χ3n) is 3.82. The van der Waals surface area contributed by atoms with E-state index in [9.17, 15) is 9.90 Å². The first-order valence-corrected chi connectivity index (χ1v) is 9.33. The summed E-state index contributed by atoms with van der Waals surface area (Å²) in [7, 11) is 0. The predicted molar refractivity (Wildman–Crippen MR) is 104 cm³/mol. The molecule has 0 spiro atoms. The maximum atomic E-state index is 12.0. The van der Waals surface area contributed by atoms with Gasteiger partial charge in [-0.3, -0.25) is 0 Å². The summed E-state index contributed by atoms with van der Waals surface area (Å²) in [6.45, 7) is 2.31. The highest BCUT2D eigenvalue weighted by Gasteiger charge is 2.24. The SMILES string of the molecule is CCCCOC(=O)Oc1c(-c2ccccc2)sc(-c2ccccc2)c1O. The molecule has 134 valence electrons. The van der Waals surface area contributed by atoms with Gasteiger partial charge in [-0.05, 0) is 17.5 Å². The average molecular weight is 368 g/mol. The van der Waals surface area contributed by atoms with Crippen LogP contribution in [0.15, 0.2) is 60.7 Å². The number of hydrogen-bond donors (Lipinski definition) is 1. The highest BCUT2D eigenvalue weighted by atomic mass is 32.1. The summed E-state index contributed by atoms with van der Waals surface area (Å²) in [6, 6.07) is 19.1. The van der Waals surface area contributed by atoms with Crippen LogP contribution in [0.3, 0.4) is 0 Å². The third kappa shape index (κ3) is 4.06. The van der Waals surface area contributed by atoms with Crippen molar-refractivity contribution in [2.75, 3.05) is 6.61 Å². The Bertz CT molecular complexity index is 856. The molecule has 1 heterocycles. The number of rotatable bonds is 6. The Labute approximate surface area is 156 Å². The van der Waals surface area contributed by atoms with Gasteiger partial charge in [0.15, 0.2) is 11.5 Å². The van der Waals surface area contributed by atoms with Crippen LogP contribution in [0.5, 0.6) is 11.5 Å². The van der Waals surface area contributed by atoms with E-state index in [0.717, 1.165) is 24.0 Å². The van der Waals surface area contributed by atoms with Gasteiger partial charge in [0.25, 0.3) is 0 Å². The van der Waals surface area contributed by atoms with Crippen LogP contribution >= 0.6 is 11.3 Å². The average Bonchev–Trinajstić information content (AvgIpc) is 3.00. The van der Waals surface area contributed by atoms with Crippen molar-refractivity contribution in [2.45, 2.75) is 19.8 Å². The predicted octanol–water partition coefficient (Wildman–Crippen LogP) is 6.10. The van der Waals surface area contributed by atoms with Gasteiger partial charge in [0.05, 0.1) is 16.4 Å². The summed E-state index contributed by atoms with van der Waals surface area (Å²) in [5, 5.41) is 10.7. The van der Waals surface area contributed by atoms with Crippen molar-refractivity contribution in [2.24, 2.45) is 0 Å². The summed E-state index contributed by atoms with van der Waals surface area (Å²) in [4.78, 5) is 13.4. The molecule has 0 amide bonds. The first-order valence-electron chi connectivity index (χ1n) is 8.52. The molecule has 3 rings (SSSR count). The van der Waals surface area contributed by atoms with Gasteiger partial charge in [0.2, 0.25) is 0 Å². The minimum atomic E-state index is -0.802. The first-order chi connectivity index (χ1) is 12.7. The van der Waals surface area contributed by atoms with Gasteiger partial charge < -0.3 is 14.6 Å². The number of ether oxygens (including phenoxy) is 2. The summed E-state index contributed by atoms with van der Waals surface area (Å²) >= 11 is 1.38. The number of aromatic hydroxyl groups is 1. The van der Waals surface area contributed by atoms with Gasteiger partial charge in [-0.1, -0.05) is 74.0 Å². The molecular weight excluding hydrogens is 348 g/mol. The van der Waals surface area contributed by atoms with E-state index in [0.29, 0.717) is 16.4 Å². The minimum Gasteiger partial charge on any atom is -0.503 e. The molecule has 2 aromatic carbocycles. The third-order valence-corrected chi connectivity index (χ3v) is 5.07. The molecule has 0 atom stereocenters. The van der Waals surface area contributed by atoms with Crippen molar-refractivity contribution < 1.29 is 19.4 Å². The fourth-order valence-corrected chi connectivity index (χ4v) is 3.61. The van der Waals surface area contributed by atoms with E-state index in [4.69, 9.17) is 9.47 Å². The molecule has 0 fully saturated rings. The Balaban J connectivity index is 1.98. The van der Waals surface area contributed by atoms with Crippen LogP contribution in [0, 0.1) is 0 Å². The van der Waals surface area contributed by atoms with E-state index >= 15 is 0 Å². The van der Waals surface area contributed by atoms with Crippen molar-refractivity contribution >= 4 is 17.5 Å². The molecule has 4 nitrogen and oxygen atoms in total. The van der Waals surface area contributed by atoms with E-state index < -0.39 is 6.16 Å². The van der Waals surface area contributed by atoms with Crippen LogP contribution in [0.4, 0.5) is 4.79 Å². The Morgan fingerprint density at radius 1 is 0.962 bits per heavy atom. The molecule has 1 aromatic heterocycles. The Morgan fingerprint density at radius 2 is 1.54 bits per heavy atom.